The van der Waals surface area contributed by atoms with Crippen molar-refractivity contribution in [2.45, 2.75) is 25.4 Å². The van der Waals surface area contributed by atoms with Crippen molar-refractivity contribution in [3.05, 3.63) is 23.8 Å². The Morgan fingerprint density at radius 1 is 1.42 bits per heavy atom. The lowest BCUT2D eigenvalue weighted by Crippen LogP contribution is -2.25. The average Bonchev–Trinajstić information content (AvgIpc) is 3.13. The fraction of sp³-hybridized carbons (Fsp3) is 0.462. The molecule has 1 aliphatic carbocycles. The van der Waals surface area contributed by atoms with Gasteiger partial charge in [0.25, 0.3) is 0 Å². The van der Waals surface area contributed by atoms with Crippen molar-refractivity contribution in [2.24, 2.45) is 0 Å². The number of likely N-dealkylation sites (N-methyl/N-ethyl adjacent to an activating group) is 1. The van der Waals surface area contributed by atoms with Crippen molar-refractivity contribution in [1.82, 2.24) is 14.5 Å². The SMILES string of the molecule is CN(CCn1c(N)nc2c(F)cc(F)cc21)C1CC1. The molecule has 1 aliphatic rings. The van der Waals surface area contributed by atoms with E-state index in [9.17, 15) is 8.78 Å². The molecule has 0 spiro atoms. The molecule has 3 rings (SSSR count). The summed E-state index contributed by atoms with van der Waals surface area (Å²) in [5, 5.41) is 0. The predicted molar refractivity (Wildman–Crippen MR) is 69.7 cm³/mol. The van der Waals surface area contributed by atoms with Crippen molar-refractivity contribution in [3.63, 3.8) is 0 Å². The van der Waals surface area contributed by atoms with Crippen molar-refractivity contribution < 1.29 is 8.78 Å². The van der Waals surface area contributed by atoms with Crippen molar-refractivity contribution in [1.29, 1.82) is 0 Å². The van der Waals surface area contributed by atoms with Gasteiger partial charge in [0.15, 0.2) is 5.82 Å². The van der Waals surface area contributed by atoms with Crippen LogP contribution < -0.4 is 5.73 Å². The summed E-state index contributed by atoms with van der Waals surface area (Å²) < 4.78 is 28.6. The van der Waals surface area contributed by atoms with Crippen LogP contribution in [0, 0.1) is 11.6 Å². The molecule has 6 heteroatoms. The number of imidazole rings is 1. The van der Waals surface area contributed by atoms with Gasteiger partial charge in [-0.2, -0.15) is 0 Å². The quantitative estimate of drug-likeness (QED) is 0.920. The second-order valence-electron chi connectivity index (χ2n) is 5.09. The summed E-state index contributed by atoms with van der Waals surface area (Å²) in [6, 6.07) is 2.75. The number of rotatable bonds is 4. The summed E-state index contributed by atoms with van der Waals surface area (Å²) in [5.74, 6) is -1.05. The summed E-state index contributed by atoms with van der Waals surface area (Å²) in [4.78, 5) is 6.21. The molecule has 0 atom stereocenters. The van der Waals surface area contributed by atoms with E-state index in [1.165, 1.54) is 18.9 Å². The maximum Gasteiger partial charge on any atom is 0.201 e. The molecule has 4 nitrogen and oxygen atoms in total. The van der Waals surface area contributed by atoms with Crippen LogP contribution >= 0.6 is 0 Å². The topological polar surface area (TPSA) is 47.1 Å². The molecule has 19 heavy (non-hydrogen) atoms. The molecule has 1 heterocycles. The number of nitrogens with two attached hydrogens (primary N) is 1. The Kier molecular flexibility index (Phi) is 2.89. The zero-order chi connectivity index (χ0) is 13.6. The van der Waals surface area contributed by atoms with E-state index in [1.807, 2.05) is 7.05 Å². The number of aromatic nitrogens is 2. The molecular weight excluding hydrogens is 250 g/mol. The van der Waals surface area contributed by atoms with E-state index in [2.05, 4.69) is 9.88 Å². The molecule has 1 aromatic heterocycles. The largest absolute Gasteiger partial charge is 0.369 e. The predicted octanol–water partition coefficient (Wildman–Crippen LogP) is 1.99. The van der Waals surface area contributed by atoms with Gasteiger partial charge < -0.3 is 15.2 Å². The average molecular weight is 266 g/mol. The van der Waals surface area contributed by atoms with Gasteiger partial charge >= 0.3 is 0 Å². The summed E-state index contributed by atoms with van der Waals surface area (Å²) in [6.45, 7) is 1.37. The van der Waals surface area contributed by atoms with E-state index in [4.69, 9.17) is 5.73 Å². The van der Waals surface area contributed by atoms with Gasteiger partial charge in [0.1, 0.15) is 11.3 Å². The van der Waals surface area contributed by atoms with Crippen LogP contribution in [-0.2, 0) is 6.54 Å². The normalized spacial score (nSPS) is 15.6. The lowest BCUT2D eigenvalue weighted by atomic mass is 10.3. The fourth-order valence-corrected chi connectivity index (χ4v) is 2.36. The molecule has 0 unspecified atom stereocenters. The van der Waals surface area contributed by atoms with Crippen LogP contribution in [-0.4, -0.2) is 34.1 Å². The maximum atomic E-state index is 13.6. The monoisotopic (exact) mass is 266 g/mol. The zero-order valence-corrected chi connectivity index (χ0v) is 10.7. The van der Waals surface area contributed by atoms with E-state index in [-0.39, 0.29) is 11.5 Å². The number of anilines is 1. The molecule has 1 aromatic carbocycles. The first-order valence-corrected chi connectivity index (χ1v) is 6.37. The summed E-state index contributed by atoms with van der Waals surface area (Å²) in [7, 11) is 2.05. The number of nitrogens with zero attached hydrogens (tertiary/aromatic N) is 3. The first-order valence-electron chi connectivity index (χ1n) is 6.37. The van der Waals surface area contributed by atoms with E-state index < -0.39 is 11.6 Å². The van der Waals surface area contributed by atoms with Crippen LogP contribution in [0.3, 0.4) is 0 Å². The molecule has 0 bridgehead atoms. The molecule has 2 aromatic rings. The number of fused-ring (bicyclic) bond motifs is 1. The highest BCUT2D eigenvalue weighted by atomic mass is 19.1. The maximum absolute atomic E-state index is 13.6. The summed E-state index contributed by atoms with van der Waals surface area (Å²) >= 11 is 0. The zero-order valence-electron chi connectivity index (χ0n) is 10.7. The summed E-state index contributed by atoms with van der Waals surface area (Å²) in [6.07, 6.45) is 2.44. The molecular formula is C13H16F2N4. The third kappa shape index (κ3) is 2.28. The van der Waals surface area contributed by atoms with E-state index in [0.29, 0.717) is 18.1 Å². The first kappa shape index (κ1) is 12.3. The van der Waals surface area contributed by atoms with E-state index in [0.717, 1.165) is 12.6 Å². The number of hydrogen-bond donors (Lipinski definition) is 1. The van der Waals surface area contributed by atoms with Crippen LogP contribution in [0.25, 0.3) is 11.0 Å². The van der Waals surface area contributed by atoms with Gasteiger partial charge in [0.05, 0.1) is 5.52 Å². The smallest absolute Gasteiger partial charge is 0.201 e. The molecule has 0 radical (unpaired) electrons. The standard InChI is InChI=1S/C13H16F2N4/c1-18(9-2-3-9)4-5-19-11-7-8(14)6-10(15)12(11)17-13(19)16/h6-7,9H,2-5H2,1H3,(H2,16,17). The van der Waals surface area contributed by atoms with Gasteiger partial charge in [-0.1, -0.05) is 0 Å². The molecule has 102 valence electrons. The van der Waals surface area contributed by atoms with Crippen LogP contribution in [0.4, 0.5) is 14.7 Å². The number of halogens is 2. The third-order valence-electron chi connectivity index (χ3n) is 3.65. The highest BCUT2D eigenvalue weighted by Gasteiger charge is 2.26. The minimum absolute atomic E-state index is 0.132. The number of nitrogen functional groups attached to an aromatic ring is 1. The Bertz CT molecular complexity index is 619. The minimum Gasteiger partial charge on any atom is -0.369 e. The molecule has 1 saturated carbocycles. The van der Waals surface area contributed by atoms with Gasteiger partial charge in [-0.15, -0.1) is 0 Å². The van der Waals surface area contributed by atoms with Crippen molar-refractivity contribution >= 4 is 17.0 Å². The highest BCUT2D eigenvalue weighted by molar-refractivity contribution is 5.79. The van der Waals surface area contributed by atoms with Gasteiger partial charge in [-0.3, -0.25) is 0 Å². The van der Waals surface area contributed by atoms with E-state index >= 15 is 0 Å². The van der Waals surface area contributed by atoms with Crippen LogP contribution in [0.5, 0.6) is 0 Å². The van der Waals surface area contributed by atoms with Crippen LogP contribution in [0.2, 0.25) is 0 Å². The molecule has 0 amide bonds. The first-order chi connectivity index (χ1) is 9.06. The van der Waals surface area contributed by atoms with Crippen LogP contribution in [0.1, 0.15) is 12.8 Å². The Hall–Kier alpha value is -1.69. The lowest BCUT2D eigenvalue weighted by Gasteiger charge is -2.16. The summed E-state index contributed by atoms with van der Waals surface area (Å²) in [5.41, 5.74) is 6.34. The van der Waals surface area contributed by atoms with Gasteiger partial charge in [-0.25, -0.2) is 13.8 Å². The Morgan fingerprint density at radius 2 is 2.16 bits per heavy atom. The number of benzene rings is 1. The second-order valence-corrected chi connectivity index (χ2v) is 5.09. The number of hydrogen-bond acceptors (Lipinski definition) is 3. The Balaban J connectivity index is 1.91. The third-order valence-corrected chi connectivity index (χ3v) is 3.65. The molecule has 0 saturated heterocycles. The van der Waals surface area contributed by atoms with Gasteiger partial charge in [0.2, 0.25) is 5.95 Å². The molecule has 1 fully saturated rings. The lowest BCUT2D eigenvalue weighted by molar-refractivity contribution is 0.311. The fourth-order valence-electron chi connectivity index (χ4n) is 2.36. The Morgan fingerprint density at radius 3 is 2.84 bits per heavy atom. The minimum atomic E-state index is -0.670. The molecule has 0 aliphatic heterocycles. The highest BCUT2D eigenvalue weighted by Crippen LogP contribution is 2.26. The van der Waals surface area contributed by atoms with Crippen molar-refractivity contribution in [3.8, 4) is 0 Å². The van der Waals surface area contributed by atoms with Crippen LogP contribution in [0.15, 0.2) is 12.1 Å². The molecule has 2 N–H and O–H groups in total. The van der Waals surface area contributed by atoms with Gasteiger partial charge in [-0.05, 0) is 19.9 Å². The van der Waals surface area contributed by atoms with E-state index in [1.54, 1.807) is 4.57 Å². The van der Waals surface area contributed by atoms with Gasteiger partial charge in [0, 0.05) is 31.3 Å². The second kappa shape index (κ2) is 4.45. The Labute approximate surface area is 109 Å². The van der Waals surface area contributed by atoms with Crippen molar-refractivity contribution in [2.75, 3.05) is 19.3 Å².